The van der Waals surface area contributed by atoms with Crippen LogP contribution in [0, 0.1) is 5.82 Å². The van der Waals surface area contributed by atoms with E-state index in [0.29, 0.717) is 32.0 Å². The quantitative estimate of drug-likeness (QED) is 0.505. The number of morpholine rings is 1. The van der Waals surface area contributed by atoms with Crippen LogP contribution < -0.4 is 4.90 Å². The fourth-order valence-corrected chi connectivity index (χ4v) is 4.94. The molecule has 2 aromatic carbocycles. The van der Waals surface area contributed by atoms with Gasteiger partial charge in [0.15, 0.2) is 5.13 Å². The predicted octanol–water partition coefficient (Wildman–Crippen LogP) is 5.11. The van der Waals surface area contributed by atoms with E-state index in [4.69, 9.17) is 27.9 Å². The fourth-order valence-electron chi connectivity index (χ4n) is 3.41. The minimum Gasteiger partial charge on any atom is -0.379 e. The van der Waals surface area contributed by atoms with E-state index in [1.807, 2.05) is 0 Å². The first-order valence-corrected chi connectivity index (χ1v) is 11.2. The number of nitrogens with zero attached hydrogens (tertiary/aromatic N) is 3. The van der Waals surface area contributed by atoms with E-state index in [0.717, 1.165) is 39.3 Å². The third-order valence-electron chi connectivity index (χ3n) is 4.90. The highest BCUT2D eigenvalue weighted by atomic mass is 35.5. The molecule has 1 amide bonds. The molecule has 4 rings (SSSR count). The van der Waals surface area contributed by atoms with E-state index in [1.165, 1.54) is 17.4 Å². The lowest BCUT2D eigenvalue weighted by atomic mass is 10.2. The molecule has 0 radical (unpaired) electrons. The summed E-state index contributed by atoms with van der Waals surface area (Å²) in [6, 6.07) is 9.55. The van der Waals surface area contributed by atoms with Gasteiger partial charge in [0, 0.05) is 41.8 Å². The number of rotatable bonds is 6. The van der Waals surface area contributed by atoms with Crippen LogP contribution in [0.25, 0.3) is 10.2 Å². The number of benzene rings is 2. The van der Waals surface area contributed by atoms with Crippen LogP contribution in [0.5, 0.6) is 0 Å². The van der Waals surface area contributed by atoms with Crippen molar-refractivity contribution < 1.29 is 13.9 Å². The Morgan fingerprint density at radius 3 is 2.63 bits per heavy atom. The first kappa shape index (κ1) is 21.5. The van der Waals surface area contributed by atoms with Gasteiger partial charge in [0.2, 0.25) is 0 Å². The van der Waals surface area contributed by atoms with Crippen LogP contribution in [-0.4, -0.2) is 55.2 Å². The molecule has 1 fully saturated rings. The number of carbonyl (C=O) groups is 1. The molecule has 2 heterocycles. The zero-order chi connectivity index (χ0) is 21.1. The van der Waals surface area contributed by atoms with Crippen molar-refractivity contribution in [3.05, 3.63) is 57.8 Å². The number of carbonyl (C=O) groups excluding carboxylic acids is 1. The number of fused-ring (bicyclic) bond motifs is 1. The maximum absolute atomic E-state index is 14.2. The Balaban J connectivity index is 1.60. The Morgan fingerprint density at radius 2 is 1.93 bits per heavy atom. The highest BCUT2D eigenvalue weighted by Gasteiger charge is 2.23. The molecule has 3 aromatic rings. The number of amides is 1. The van der Waals surface area contributed by atoms with Crippen molar-refractivity contribution in [2.45, 2.75) is 6.42 Å². The van der Waals surface area contributed by atoms with Gasteiger partial charge in [-0.2, -0.15) is 0 Å². The Morgan fingerprint density at radius 1 is 1.20 bits per heavy atom. The monoisotopic (exact) mass is 467 g/mol. The normalized spacial score (nSPS) is 14.9. The second-order valence-electron chi connectivity index (χ2n) is 7.01. The third kappa shape index (κ3) is 4.92. The molecule has 0 saturated carbocycles. The average molecular weight is 468 g/mol. The summed E-state index contributed by atoms with van der Waals surface area (Å²) in [5.74, 6) is -0.664. The van der Waals surface area contributed by atoms with Gasteiger partial charge in [-0.1, -0.05) is 40.6 Å². The lowest BCUT2D eigenvalue weighted by molar-refractivity contribution is 0.0376. The van der Waals surface area contributed by atoms with Gasteiger partial charge in [0.1, 0.15) is 11.3 Å². The van der Waals surface area contributed by atoms with Gasteiger partial charge in [-0.15, -0.1) is 0 Å². The molecule has 5 nitrogen and oxygen atoms in total. The maximum Gasteiger partial charge on any atom is 0.260 e. The maximum atomic E-state index is 14.2. The first-order valence-electron chi connectivity index (χ1n) is 9.64. The molecule has 0 atom stereocenters. The summed E-state index contributed by atoms with van der Waals surface area (Å²) in [4.78, 5) is 21.7. The van der Waals surface area contributed by atoms with Crippen molar-refractivity contribution in [2.75, 3.05) is 44.3 Å². The molecule has 0 bridgehead atoms. The number of ether oxygens (including phenoxy) is 1. The Hall–Kier alpha value is -1.77. The number of thiazole rings is 1. The van der Waals surface area contributed by atoms with Gasteiger partial charge in [-0.25, -0.2) is 9.37 Å². The summed E-state index contributed by atoms with van der Waals surface area (Å²) in [6.07, 6.45) is 0.748. The molecular weight excluding hydrogens is 448 g/mol. The summed E-state index contributed by atoms with van der Waals surface area (Å²) < 4.78 is 20.3. The first-order chi connectivity index (χ1) is 14.5. The fraction of sp³-hybridized carbons (Fsp3) is 0.333. The smallest absolute Gasteiger partial charge is 0.260 e. The number of aromatic nitrogens is 1. The Kier molecular flexibility index (Phi) is 6.85. The van der Waals surface area contributed by atoms with Gasteiger partial charge in [-0.05, 0) is 36.8 Å². The van der Waals surface area contributed by atoms with Crippen LogP contribution in [0.15, 0.2) is 36.4 Å². The van der Waals surface area contributed by atoms with Gasteiger partial charge in [0.05, 0.1) is 17.9 Å². The second-order valence-corrected chi connectivity index (χ2v) is 8.89. The minimum atomic E-state index is -0.401. The minimum absolute atomic E-state index is 0.263. The van der Waals surface area contributed by atoms with Gasteiger partial charge in [-0.3, -0.25) is 14.6 Å². The molecule has 30 heavy (non-hydrogen) atoms. The molecule has 1 aromatic heterocycles. The van der Waals surface area contributed by atoms with E-state index in [2.05, 4.69) is 9.88 Å². The Labute approximate surface area is 188 Å². The largest absolute Gasteiger partial charge is 0.379 e. The van der Waals surface area contributed by atoms with Crippen molar-refractivity contribution >= 4 is 55.8 Å². The number of anilines is 1. The molecule has 1 saturated heterocycles. The highest BCUT2D eigenvalue weighted by molar-refractivity contribution is 7.22. The number of halogens is 3. The second kappa shape index (κ2) is 9.58. The molecule has 158 valence electrons. The summed E-state index contributed by atoms with van der Waals surface area (Å²) in [7, 11) is 0. The van der Waals surface area contributed by atoms with E-state index >= 15 is 0 Å². The molecule has 0 spiro atoms. The van der Waals surface area contributed by atoms with Gasteiger partial charge in [0.25, 0.3) is 5.91 Å². The van der Waals surface area contributed by atoms with E-state index in [9.17, 15) is 9.18 Å². The third-order valence-corrected chi connectivity index (χ3v) is 6.38. The van der Waals surface area contributed by atoms with Gasteiger partial charge < -0.3 is 4.74 Å². The van der Waals surface area contributed by atoms with E-state index in [-0.39, 0.29) is 11.4 Å². The summed E-state index contributed by atoms with van der Waals surface area (Å²) >= 11 is 13.5. The number of hydrogen-bond acceptors (Lipinski definition) is 5. The van der Waals surface area contributed by atoms with Gasteiger partial charge >= 0.3 is 0 Å². The van der Waals surface area contributed by atoms with Crippen molar-refractivity contribution in [1.29, 1.82) is 0 Å². The van der Waals surface area contributed by atoms with Crippen LogP contribution in [0.4, 0.5) is 9.52 Å². The number of para-hydroxylation sites is 1. The van der Waals surface area contributed by atoms with Crippen LogP contribution >= 0.6 is 34.5 Å². The van der Waals surface area contributed by atoms with Crippen LogP contribution in [-0.2, 0) is 4.74 Å². The molecule has 0 unspecified atom stereocenters. The zero-order valence-electron chi connectivity index (χ0n) is 16.1. The van der Waals surface area contributed by atoms with Crippen molar-refractivity contribution in [3.8, 4) is 0 Å². The van der Waals surface area contributed by atoms with E-state index in [1.54, 1.807) is 35.2 Å². The summed E-state index contributed by atoms with van der Waals surface area (Å²) in [5, 5.41) is 1.22. The zero-order valence-corrected chi connectivity index (χ0v) is 18.4. The van der Waals surface area contributed by atoms with Crippen LogP contribution in [0.1, 0.15) is 16.8 Å². The lowest BCUT2D eigenvalue weighted by Gasteiger charge is -2.27. The lowest BCUT2D eigenvalue weighted by Crippen LogP contribution is -2.39. The molecule has 1 aliphatic heterocycles. The summed E-state index contributed by atoms with van der Waals surface area (Å²) in [5.41, 5.74) is 0.645. The molecule has 1 aliphatic rings. The van der Waals surface area contributed by atoms with Crippen molar-refractivity contribution in [2.24, 2.45) is 0 Å². The van der Waals surface area contributed by atoms with Crippen molar-refractivity contribution in [1.82, 2.24) is 9.88 Å². The molecule has 9 heteroatoms. The molecular formula is C21H20Cl2FN3O2S. The van der Waals surface area contributed by atoms with Crippen LogP contribution in [0.2, 0.25) is 10.0 Å². The molecule has 0 N–H and O–H groups in total. The number of hydrogen-bond donors (Lipinski definition) is 0. The van der Waals surface area contributed by atoms with Crippen molar-refractivity contribution in [3.63, 3.8) is 0 Å². The predicted molar refractivity (Wildman–Crippen MR) is 120 cm³/mol. The summed E-state index contributed by atoms with van der Waals surface area (Å²) in [6.45, 7) is 4.49. The average Bonchev–Trinajstić information content (AvgIpc) is 3.16. The SMILES string of the molecule is O=C(c1cc(Cl)cc(Cl)c1)N(CCCN1CCOCC1)c1nc2c(F)cccc2s1. The topological polar surface area (TPSA) is 45.7 Å². The standard InChI is InChI=1S/C21H20Cl2FN3O2S/c22-15-11-14(12-16(23)13-15)20(28)27(6-2-5-26-7-9-29-10-8-26)21-25-19-17(24)3-1-4-18(19)30-21/h1,3-4,11-13H,2,5-10H2. The molecule has 0 aliphatic carbocycles. The van der Waals surface area contributed by atoms with Crippen LogP contribution in [0.3, 0.4) is 0 Å². The highest BCUT2D eigenvalue weighted by Crippen LogP contribution is 2.32. The van der Waals surface area contributed by atoms with E-state index < -0.39 is 5.82 Å². The Bertz CT molecular complexity index is 1040.